The molecule has 1 saturated heterocycles. The van der Waals surface area contributed by atoms with Gasteiger partial charge in [0.05, 0.1) is 17.4 Å². The van der Waals surface area contributed by atoms with Crippen molar-refractivity contribution in [1.29, 1.82) is 0 Å². The van der Waals surface area contributed by atoms with Crippen molar-refractivity contribution in [2.75, 3.05) is 6.54 Å². The van der Waals surface area contributed by atoms with Crippen LogP contribution in [0.1, 0.15) is 36.6 Å². The Morgan fingerprint density at radius 2 is 2.09 bits per heavy atom. The number of H-pyrrole nitrogens is 1. The van der Waals surface area contributed by atoms with Crippen LogP contribution in [0.3, 0.4) is 0 Å². The number of para-hydroxylation sites is 1. The molecule has 3 aromatic rings. The van der Waals surface area contributed by atoms with Crippen molar-refractivity contribution in [2.45, 2.75) is 31.8 Å². The molecule has 0 aliphatic carbocycles. The van der Waals surface area contributed by atoms with Crippen LogP contribution in [0.4, 0.5) is 0 Å². The monoisotopic (exact) mass is 292 g/mol. The molecule has 1 aliphatic rings. The van der Waals surface area contributed by atoms with Crippen LogP contribution < -0.4 is 0 Å². The SMILES string of the molecule is c1ccc2nc(CN3CCCC[C@@H]3c3cn[nH]c3)ccc2c1. The van der Waals surface area contributed by atoms with E-state index in [1.165, 1.54) is 30.2 Å². The number of likely N-dealkylation sites (tertiary alicyclic amines) is 1. The summed E-state index contributed by atoms with van der Waals surface area (Å²) in [5, 5.41) is 8.26. The molecule has 0 unspecified atom stereocenters. The fraction of sp³-hybridized carbons (Fsp3) is 0.333. The Balaban J connectivity index is 1.59. The number of nitrogens with zero attached hydrogens (tertiary/aromatic N) is 3. The average molecular weight is 292 g/mol. The van der Waals surface area contributed by atoms with Crippen molar-refractivity contribution in [2.24, 2.45) is 0 Å². The van der Waals surface area contributed by atoms with Gasteiger partial charge < -0.3 is 0 Å². The molecule has 0 spiro atoms. The number of fused-ring (bicyclic) bond motifs is 1. The Bertz CT molecular complexity index is 751. The second kappa shape index (κ2) is 5.89. The number of aromatic nitrogens is 3. The molecule has 0 amide bonds. The van der Waals surface area contributed by atoms with Crippen LogP contribution in [0.5, 0.6) is 0 Å². The molecular formula is C18H20N4. The number of hydrogen-bond donors (Lipinski definition) is 1. The molecule has 0 radical (unpaired) electrons. The highest BCUT2D eigenvalue weighted by Crippen LogP contribution is 2.31. The van der Waals surface area contributed by atoms with Gasteiger partial charge in [-0.25, -0.2) is 0 Å². The number of nitrogens with one attached hydrogen (secondary N) is 1. The van der Waals surface area contributed by atoms with E-state index in [0.29, 0.717) is 6.04 Å². The largest absolute Gasteiger partial charge is 0.290 e. The molecule has 1 N–H and O–H groups in total. The normalized spacial score (nSPS) is 19.5. The third kappa shape index (κ3) is 2.62. The lowest BCUT2D eigenvalue weighted by molar-refractivity contribution is 0.139. The fourth-order valence-corrected chi connectivity index (χ4v) is 3.41. The number of benzene rings is 1. The van der Waals surface area contributed by atoms with E-state index in [1.807, 2.05) is 18.5 Å². The van der Waals surface area contributed by atoms with Crippen LogP contribution in [0.2, 0.25) is 0 Å². The summed E-state index contributed by atoms with van der Waals surface area (Å²) >= 11 is 0. The second-order valence-electron chi connectivity index (χ2n) is 6.01. The molecule has 2 aromatic heterocycles. The first kappa shape index (κ1) is 13.5. The summed E-state index contributed by atoms with van der Waals surface area (Å²) in [6.07, 6.45) is 7.74. The van der Waals surface area contributed by atoms with Gasteiger partial charge in [0.2, 0.25) is 0 Å². The smallest absolute Gasteiger partial charge is 0.0705 e. The molecule has 1 atom stereocenters. The lowest BCUT2D eigenvalue weighted by Crippen LogP contribution is -2.33. The summed E-state index contributed by atoms with van der Waals surface area (Å²) < 4.78 is 0. The van der Waals surface area contributed by atoms with Gasteiger partial charge in [0.15, 0.2) is 0 Å². The fourth-order valence-electron chi connectivity index (χ4n) is 3.41. The van der Waals surface area contributed by atoms with Crippen molar-refractivity contribution in [3.8, 4) is 0 Å². The minimum atomic E-state index is 0.459. The lowest BCUT2D eigenvalue weighted by atomic mass is 9.97. The summed E-state index contributed by atoms with van der Waals surface area (Å²) in [5.41, 5.74) is 3.52. The summed E-state index contributed by atoms with van der Waals surface area (Å²) in [4.78, 5) is 7.35. The Labute approximate surface area is 130 Å². The molecule has 22 heavy (non-hydrogen) atoms. The van der Waals surface area contributed by atoms with Gasteiger partial charge in [0.25, 0.3) is 0 Å². The van der Waals surface area contributed by atoms with Crippen molar-refractivity contribution >= 4 is 10.9 Å². The van der Waals surface area contributed by atoms with Gasteiger partial charge in [-0.05, 0) is 31.5 Å². The quantitative estimate of drug-likeness (QED) is 0.801. The molecule has 4 heteroatoms. The van der Waals surface area contributed by atoms with Gasteiger partial charge >= 0.3 is 0 Å². The first-order valence-electron chi connectivity index (χ1n) is 7.97. The average Bonchev–Trinajstić information content (AvgIpc) is 3.10. The van der Waals surface area contributed by atoms with Crippen LogP contribution >= 0.6 is 0 Å². The number of rotatable bonds is 3. The Morgan fingerprint density at radius 3 is 3.00 bits per heavy atom. The number of piperidine rings is 1. The Hall–Kier alpha value is -2.20. The van der Waals surface area contributed by atoms with Gasteiger partial charge in [0.1, 0.15) is 0 Å². The molecule has 0 bridgehead atoms. The van der Waals surface area contributed by atoms with Gasteiger partial charge in [-0.15, -0.1) is 0 Å². The zero-order valence-corrected chi connectivity index (χ0v) is 12.6. The predicted octanol–water partition coefficient (Wildman–Crippen LogP) is 3.69. The Kier molecular flexibility index (Phi) is 3.60. The van der Waals surface area contributed by atoms with E-state index in [9.17, 15) is 0 Å². The van der Waals surface area contributed by atoms with E-state index < -0.39 is 0 Å². The maximum Gasteiger partial charge on any atom is 0.0705 e. The zero-order chi connectivity index (χ0) is 14.8. The lowest BCUT2D eigenvalue weighted by Gasteiger charge is -2.35. The van der Waals surface area contributed by atoms with Crippen LogP contribution in [-0.4, -0.2) is 26.6 Å². The molecule has 1 fully saturated rings. The van der Waals surface area contributed by atoms with Crippen molar-refractivity contribution in [3.63, 3.8) is 0 Å². The number of pyridine rings is 1. The minimum Gasteiger partial charge on any atom is -0.290 e. The summed E-state index contributed by atoms with van der Waals surface area (Å²) in [6, 6.07) is 13.1. The van der Waals surface area contributed by atoms with E-state index in [1.54, 1.807) is 0 Å². The van der Waals surface area contributed by atoms with Crippen LogP contribution in [0.15, 0.2) is 48.8 Å². The summed E-state index contributed by atoms with van der Waals surface area (Å²) in [7, 11) is 0. The van der Waals surface area contributed by atoms with Crippen LogP contribution in [0.25, 0.3) is 10.9 Å². The van der Waals surface area contributed by atoms with Gasteiger partial charge in [-0.2, -0.15) is 5.10 Å². The molecular weight excluding hydrogens is 272 g/mol. The van der Waals surface area contributed by atoms with Gasteiger partial charge in [-0.1, -0.05) is 30.7 Å². The minimum absolute atomic E-state index is 0.459. The van der Waals surface area contributed by atoms with E-state index in [2.05, 4.69) is 45.4 Å². The zero-order valence-electron chi connectivity index (χ0n) is 12.6. The van der Waals surface area contributed by atoms with E-state index >= 15 is 0 Å². The standard InChI is InChI=1S/C18H20N4/c1-2-6-17-14(5-1)8-9-16(21-17)13-22-10-4-3-7-18(22)15-11-19-20-12-15/h1-2,5-6,8-9,11-12,18H,3-4,7,10,13H2,(H,19,20)/t18-/m1/s1. The van der Waals surface area contributed by atoms with Crippen LogP contribution in [0, 0.1) is 0 Å². The first-order valence-corrected chi connectivity index (χ1v) is 7.97. The maximum atomic E-state index is 4.82. The second-order valence-corrected chi connectivity index (χ2v) is 6.01. The highest BCUT2D eigenvalue weighted by Gasteiger charge is 2.24. The molecule has 1 aliphatic heterocycles. The van der Waals surface area contributed by atoms with Crippen molar-refractivity contribution < 1.29 is 0 Å². The third-order valence-corrected chi connectivity index (χ3v) is 4.54. The van der Waals surface area contributed by atoms with Crippen LogP contribution in [-0.2, 0) is 6.54 Å². The third-order valence-electron chi connectivity index (χ3n) is 4.54. The highest BCUT2D eigenvalue weighted by molar-refractivity contribution is 5.78. The number of hydrogen-bond acceptors (Lipinski definition) is 3. The van der Waals surface area contributed by atoms with Gasteiger partial charge in [-0.3, -0.25) is 15.0 Å². The molecule has 0 saturated carbocycles. The first-order chi connectivity index (χ1) is 10.9. The molecule has 3 heterocycles. The molecule has 112 valence electrons. The topological polar surface area (TPSA) is 44.8 Å². The molecule has 1 aromatic carbocycles. The Morgan fingerprint density at radius 1 is 1.14 bits per heavy atom. The van der Waals surface area contributed by atoms with E-state index in [4.69, 9.17) is 4.98 Å². The summed E-state index contributed by atoms with van der Waals surface area (Å²) in [6.45, 7) is 2.03. The highest BCUT2D eigenvalue weighted by atomic mass is 15.2. The number of aromatic amines is 1. The summed E-state index contributed by atoms with van der Waals surface area (Å²) in [5.74, 6) is 0. The predicted molar refractivity (Wildman–Crippen MR) is 87.3 cm³/mol. The maximum absolute atomic E-state index is 4.82. The van der Waals surface area contributed by atoms with Crippen molar-refractivity contribution in [1.82, 2.24) is 20.1 Å². The van der Waals surface area contributed by atoms with Gasteiger partial charge in [0, 0.05) is 29.7 Å². The van der Waals surface area contributed by atoms with E-state index in [-0.39, 0.29) is 0 Å². The molecule has 4 nitrogen and oxygen atoms in total. The van der Waals surface area contributed by atoms with Crippen molar-refractivity contribution in [3.05, 3.63) is 60.0 Å². The molecule has 4 rings (SSSR count). The van der Waals surface area contributed by atoms with E-state index in [0.717, 1.165) is 24.3 Å².